The van der Waals surface area contributed by atoms with Crippen LogP contribution in [0.1, 0.15) is 16.2 Å². The van der Waals surface area contributed by atoms with E-state index in [1.165, 1.54) is 0 Å². The Bertz CT molecular complexity index is 1120. The molecule has 0 bridgehead atoms. The van der Waals surface area contributed by atoms with Gasteiger partial charge in [0, 0.05) is 48.1 Å². The summed E-state index contributed by atoms with van der Waals surface area (Å²) >= 11 is 0. The number of rotatable bonds is 5. The molecule has 3 aromatic heterocycles. The van der Waals surface area contributed by atoms with Gasteiger partial charge < -0.3 is 15.2 Å². The van der Waals surface area contributed by atoms with Crippen molar-refractivity contribution in [2.24, 2.45) is 7.05 Å². The molecule has 2 N–H and O–H groups in total. The molecule has 0 fully saturated rings. The van der Waals surface area contributed by atoms with Crippen molar-refractivity contribution >= 4 is 23.2 Å². The van der Waals surface area contributed by atoms with Crippen molar-refractivity contribution < 1.29 is 4.79 Å². The molecule has 7 heteroatoms. The number of nitrogens with zero attached hydrogens (tertiary/aromatic N) is 4. The fraction of sp³-hybridized carbons (Fsp3) is 0.0909. The molecule has 29 heavy (non-hydrogen) atoms. The number of aromatic nitrogens is 4. The normalized spacial score (nSPS) is 10.6. The second kappa shape index (κ2) is 7.93. The van der Waals surface area contributed by atoms with Gasteiger partial charge in [0.05, 0.1) is 11.9 Å². The lowest BCUT2D eigenvalue weighted by Gasteiger charge is -2.05. The molecule has 0 saturated carbocycles. The first-order chi connectivity index (χ1) is 14.1. The van der Waals surface area contributed by atoms with E-state index in [1.54, 1.807) is 23.2 Å². The molecule has 144 valence electrons. The molecule has 7 nitrogen and oxygen atoms in total. The monoisotopic (exact) mass is 384 g/mol. The molecular formula is C22H20N6O. The molecular weight excluding hydrogens is 364 g/mol. The number of aryl methyl sites for hydroxylation is 2. The van der Waals surface area contributed by atoms with Crippen LogP contribution in [0.5, 0.6) is 0 Å². The van der Waals surface area contributed by atoms with Crippen molar-refractivity contribution in [2.75, 3.05) is 10.6 Å². The summed E-state index contributed by atoms with van der Waals surface area (Å²) in [5.74, 6) is 0.313. The fourth-order valence-electron chi connectivity index (χ4n) is 2.88. The maximum atomic E-state index is 12.6. The lowest BCUT2D eigenvalue weighted by Crippen LogP contribution is -2.15. The third-order valence-corrected chi connectivity index (χ3v) is 4.42. The van der Waals surface area contributed by atoms with Crippen LogP contribution < -0.4 is 10.6 Å². The van der Waals surface area contributed by atoms with Gasteiger partial charge in [0.1, 0.15) is 5.69 Å². The molecule has 4 aromatic rings. The number of amides is 1. The van der Waals surface area contributed by atoms with Gasteiger partial charge in [-0.05, 0) is 37.3 Å². The topological polar surface area (TPSA) is 84.7 Å². The van der Waals surface area contributed by atoms with E-state index in [9.17, 15) is 4.79 Å². The maximum Gasteiger partial charge on any atom is 0.272 e. The molecule has 0 spiro atoms. The number of anilines is 3. The smallest absolute Gasteiger partial charge is 0.272 e. The Kier molecular flexibility index (Phi) is 5.03. The van der Waals surface area contributed by atoms with Gasteiger partial charge in [-0.1, -0.05) is 18.2 Å². The predicted octanol–water partition coefficient (Wildman–Crippen LogP) is 4.18. The third kappa shape index (κ3) is 4.30. The lowest BCUT2D eigenvalue weighted by atomic mass is 10.2. The summed E-state index contributed by atoms with van der Waals surface area (Å²) in [6.45, 7) is 1.90. The second-order valence-electron chi connectivity index (χ2n) is 6.65. The Balaban J connectivity index is 1.49. The molecule has 0 aliphatic heterocycles. The first-order valence-electron chi connectivity index (χ1n) is 9.13. The predicted molar refractivity (Wildman–Crippen MR) is 113 cm³/mol. The lowest BCUT2D eigenvalue weighted by molar-refractivity contribution is 0.101. The molecule has 3 heterocycles. The summed E-state index contributed by atoms with van der Waals surface area (Å²) in [7, 11) is 1.83. The van der Waals surface area contributed by atoms with Gasteiger partial charge in [-0.2, -0.15) is 0 Å². The van der Waals surface area contributed by atoms with Crippen LogP contribution in [0, 0.1) is 6.92 Å². The van der Waals surface area contributed by atoms with Crippen molar-refractivity contribution in [3.8, 4) is 11.1 Å². The fourth-order valence-corrected chi connectivity index (χ4v) is 2.88. The largest absolute Gasteiger partial charge is 0.346 e. The molecule has 0 atom stereocenters. The van der Waals surface area contributed by atoms with E-state index in [2.05, 4.69) is 25.6 Å². The Morgan fingerprint density at radius 1 is 0.897 bits per heavy atom. The summed E-state index contributed by atoms with van der Waals surface area (Å²) in [5, 5.41) is 6.02. The number of carbonyl (C=O) groups is 1. The van der Waals surface area contributed by atoms with Crippen molar-refractivity contribution in [1.82, 2.24) is 19.5 Å². The average Bonchev–Trinajstić information content (AvgIpc) is 3.13. The summed E-state index contributed by atoms with van der Waals surface area (Å²) in [6.07, 6.45) is 6.99. The van der Waals surface area contributed by atoms with E-state index in [0.717, 1.165) is 22.5 Å². The first-order valence-corrected chi connectivity index (χ1v) is 9.13. The van der Waals surface area contributed by atoms with Gasteiger partial charge in [0.25, 0.3) is 5.91 Å². The number of carbonyl (C=O) groups excluding carboxylic acids is 1. The zero-order valence-electron chi connectivity index (χ0n) is 16.1. The molecule has 1 aromatic carbocycles. The highest BCUT2D eigenvalue weighted by molar-refractivity contribution is 6.04. The van der Waals surface area contributed by atoms with Gasteiger partial charge >= 0.3 is 0 Å². The van der Waals surface area contributed by atoms with E-state index >= 15 is 0 Å². The Hall–Kier alpha value is -4.00. The zero-order valence-corrected chi connectivity index (χ0v) is 16.1. The van der Waals surface area contributed by atoms with Crippen LogP contribution in [0.15, 0.2) is 73.3 Å². The summed E-state index contributed by atoms with van der Waals surface area (Å²) in [4.78, 5) is 25.6. The van der Waals surface area contributed by atoms with Crippen LogP contribution in [0.3, 0.4) is 0 Å². The number of para-hydroxylation sites is 1. The second-order valence-corrected chi connectivity index (χ2v) is 6.65. The van der Waals surface area contributed by atoms with Crippen LogP contribution in [0.25, 0.3) is 11.1 Å². The Morgan fingerprint density at radius 2 is 1.66 bits per heavy atom. The van der Waals surface area contributed by atoms with Gasteiger partial charge in [0.2, 0.25) is 5.95 Å². The number of benzene rings is 1. The van der Waals surface area contributed by atoms with E-state index in [4.69, 9.17) is 0 Å². The third-order valence-electron chi connectivity index (χ3n) is 4.42. The van der Waals surface area contributed by atoms with E-state index in [-0.39, 0.29) is 5.91 Å². The van der Waals surface area contributed by atoms with Crippen LogP contribution in [0.2, 0.25) is 0 Å². The van der Waals surface area contributed by atoms with Crippen LogP contribution in [-0.2, 0) is 7.05 Å². The number of hydrogen-bond donors (Lipinski definition) is 2. The van der Waals surface area contributed by atoms with Gasteiger partial charge in [-0.15, -0.1) is 0 Å². The van der Waals surface area contributed by atoms with Crippen molar-refractivity contribution in [2.45, 2.75) is 6.92 Å². The quantitative estimate of drug-likeness (QED) is 0.539. The van der Waals surface area contributed by atoms with E-state index in [0.29, 0.717) is 17.3 Å². The molecule has 1 amide bonds. The standard InChI is InChI=1S/C22H20N6O/c1-15-8-9-19(13-23-15)26-21(29)20-10-16(14-28(20)2)17-11-24-22(25-12-17)27-18-6-4-3-5-7-18/h3-14H,1-2H3,(H,26,29)(H,24,25,27). The van der Waals surface area contributed by atoms with Crippen LogP contribution in [0.4, 0.5) is 17.3 Å². The van der Waals surface area contributed by atoms with Gasteiger partial charge in [-0.3, -0.25) is 9.78 Å². The molecule has 0 saturated heterocycles. The highest BCUT2D eigenvalue weighted by Crippen LogP contribution is 2.22. The summed E-state index contributed by atoms with van der Waals surface area (Å²) in [6, 6.07) is 15.2. The van der Waals surface area contributed by atoms with Gasteiger partial charge in [0.15, 0.2) is 0 Å². The first kappa shape index (κ1) is 18.4. The van der Waals surface area contributed by atoms with E-state index < -0.39 is 0 Å². The highest BCUT2D eigenvalue weighted by atomic mass is 16.1. The zero-order chi connectivity index (χ0) is 20.2. The minimum atomic E-state index is -0.201. The SMILES string of the molecule is Cc1ccc(NC(=O)c2cc(-c3cnc(Nc4ccccc4)nc3)cn2C)cn1. The number of nitrogens with one attached hydrogen (secondary N) is 2. The Morgan fingerprint density at radius 3 is 2.34 bits per heavy atom. The van der Waals surface area contributed by atoms with Crippen LogP contribution in [-0.4, -0.2) is 25.4 Å². The summed E-state index contributed by atoms with van der Waals surface area (Å²) < 4.78 is 1.78. The van der Waals surface area contributed by atoms with Crippen molar-refractivity contribution in [3.05, 3.63) is 84.7 Å². The molecule has 0 unspecified atom stereocenters. The number of pyridine rings is 1. The molecule has 0 aliphatic carbocycles. The summed E-state index contributed by atoms with van der Waals surface area (Å²) in [5.41, 5.74) is 4.70. The minimum Gasteiger partial charge on any atom is -0.346 e. The van der Waals surface area contributed by atoms with Gasteiger partial charge in [-0.25, -0.2) is 9.97 Å². The van der Waals surface area contributed by atoms with Crippen LogP contribution >= 0.6 is 0 Å². The highest BCUT2D eigenvalue weighted by Gasteiger charge is 2.14. The molecule has 4 rings (SSSR count). The Labute approximate surface area is 168 Å². The molecule has 0 aliphatic rings. The maximum absolute atomic E-state index is 12.6. The molecule has 0 radical (unpaired) electrons. The van der Waals surface area contributed by atoms with E-state index in [1.807, 2.05) is 68.7 Å². The minimum absolute atomic E-state index is 0.201. The van der Waals surface area contributed by atoms with Crippen molar-refractivity contribution in [1.29, 1.82) is 0 Å². The number of hydrogen-bond acceptors (Lipinski definition) is 5. The van der Waals surface area contributed by atoms with Crippen molar-refractivity contribution in [3.63, 3.8) is 0 Å². The average molecular weight is 384 g/mol.